The Bertz CT molecular complexity index is 982. The molecule has 0 saturated carbocycles. The van der Waals surface area contributed by atoms with E-state index in [-0.39, 0.29) is 24.1 Å². The molecular formula is C21H24N4O5. The zero-order valence-corrected chi connectivity index (χ0v) is 17.0. The lowest BCUT2D eigenvalue weighted by atomic mass is 10.0. The topological polar surface area (TPSA) is 86.1 Å². The molecule has 2 amide bonds. The number of anilines is 2. The van der Waals surface area contributed by atoms with Gasteiger partial charge in [0.15, 0.2) is 6.10 Å². The first-order chi connectivity index (χ1) is 14.5. The van der Waals surface area contributed by atoms with Crippen LogP contribution in [0.1, 0.15) is 19.9 Å². The van der Waals surface area contributed by atoms with Crippen molar-refractivity contribution < 1.29 is 23.8 Å². The van der Waals surface area contributed by atoms with Crippen molar-refractivity contribution in [2.45, 2.75) is 32.0 Å². The van der Waals surface area contributed by atoms with E-state index in [4.69, 9.17) is 14.2 Å². The van der Waals surface area contributed by atoms with Crippen molar-refractivity contribution in [3.63, 3.8) is 0 Å². The van der Waals surface area contributed by atoms with E-state index >= 15 is 0 Å². The monoisotopic (exact) mass is 412 g/mol. The lowest BCUT2D eigenvalue weighted by Gasteiger charge is -2.41. The number of hydrogen-bond donors (Lipinski definition) is 0. The maximum absolute atomic E-state index is 12.9. The van der Waals surface area contributed by atoms with Crippen molar-refractivity contribution in [1.82, 2.24) is 9.78 Å². The van der Waals surface area contributed by atoms with Crippen LogP contribution < -0.4 is 9.80 Å². The number of benzene rings is 1. The summed E-state index contributed by atoms with van der Waals surface area (Å²) >= 11 is 0. The quantitative estimate of drug-likeness (QED) is 0.768. The van der Waals surface area contributed by atoms with Gasteiger partial charge in [-0.3, -0.25) is 14.4 Å². The van der Waals surface area contributed by atoms with E-state index < -0.39 is 6.09 Å². The summed E-state index contributed by atoms with van der Waals surface area (Å²) in [6.07, 6.45) is 3.16. The Labute approximate surface area is 174 Å². The number of ether oxygens (including phenoxy) is 3. The third-order valence-corrected chi connectivity index (χ3v) is 5.78. The number of carbonyl (C=O) groups excluding carboxylic acids is 2. The molecule has 3 aliphatic rings. The first-order valence-corrected chi connectivity index (χ1v) is 10.1. The molecule has 2 saturated heterocycles. The van der Waals surface area contributed by atoms with Crippen molar-refractivity contribution in [2.24, 2.45) is 0 Å². The number of nitrogens with zero attached hydrogens (tertiary/aromatic N) is 4. The number of rotatable bonds is 3. The molecule has 4 heterocycles. The van der Waals surface area contributed by atoms with Crippen molar-refractivity contribution in [2.75, 3.05) is 42.8 Å². The van der Waals surface area contributed by atoms with Crippen LogP contribution in [0.15, 0.2) is 30.6 Å². The molecule has 0 spiro atoms. The van der Waals surface area contributed by atoms with Gasteiger partial charge in [-0.15, -0.1) is 0 Å². The number of fused-ring (bicyclic) bond motifs is 1. The second-order valence-electron chi connectivity index (χ2n) is 8.00. The van der Waals surface area contributed by atoms with Crippen LogP contribution in [0.4, 0.5) is 16.2 Å². The molecule has 0 N–H and O–H groups in total. The standard InChI is InChI=1S/C21H24N4O5/c1-13-7-23(21(27)30-18-11-29-12-18)20-5-15(3-4-19(20)25(13)14(2)26)16-6-22-24(8-16)17-9-28-10-17/h3-6,8,13,17-18H,7,9-12H2,1-2H3. The van der Waals surface area contributed by atoms with E-state index in [0.717, 1.165) is 11.1 Å². The third-order valence-electron chi connectivity index (χ3n) is 5.78. The molecule has 158 valence electrons. The summed E-state index contributed by atoms with van der Waals surface area (Å²) in [6, 6.07) is 5.87. The summed E-state index contributed by atoms with van der Waals surface area (Å²) in [6.45, 7) is 6.01. The van der Waals surface area contributed by atoms with Gasteiger partial charge >= 0.3 is 6.09 Å². The summed E-state index contributed by atoms with van der Waals surface area (Å²) in [5.41, 5.74) is 3.22. The lowest BCUT2D eigenvalue weighted by Crippen LogP contribution is -2.53. The molecule has 0 radical (unpaired) electrons. The molecule has 9 heteroatoms. The molecule has 2 aromatic rings. The molecule has 1 aromatic heterocycles. The second-order valence-corrected chi connectivity index (χ2v) is 8.00. The van der Waals surface area contributed by atoms with E-state index in [9.17, 15) is 9.59 Å². The van der Waals surface area contributed by atoms with Crippen molar-refractivity contribution in [1.29, 1.82) is 0 Å². The highest BCUT2D eigenvalue weighted by atomic mass is 16.6. The number of aromatic nitrogens is 2. The SMILES string of the molecule is CC(=O)N1c2ccc(-c3cnn(C4COC4)c3)cc2N(C(=O)OC2COC2)CC1C. The minimum absolute atomic E-state index is 0.0605. The van der Waals surface area contributed by atoms with E-state index in [2.05, 4.69) is 5.10 Å². The van der Waals surface area contributed by atoms with Crippen molar-refractivity contribution in [3.05, 3.63) is 30.6 Å². The predicted molar refractivity (Wildman–Crippen MR) is 109 cm³/mol. The Morgan fingerprint density at radius 1 is 1.10 bits per heavy atom. The number of hydrogen-bond acceptors (Lipinski definition) is 6. The summed E-state index contributed by atoms with van der Waals surface area (Å²) in [4.78, 5) is 28.5. The largest absolute Gasteiger partial charge is 0.441 e. The summed E-state index contributed by atoms with van der Waals surface area (Å²) in [5.74, 6) is -0.0605. The molecule has 0 bridgehead atoms. The molecule has 1 atom stereocenters. The van der Waals surface area contributed by atoms with Gasteiger partial charge in [0.05, 0.1) is 56.1 Å². The van der Waals surface area contributed by atoms with Gasteiger partial charge in [0, 0.05) is 25.2 Å². The van der Waals surface area contributed by atoms with Crippen LogP contribution in [0.2, 0.25) is 0 Å². The molecule has 3 aliphatic heterocycles. The predicted octanol–water partition coefficient (Wildman–Crippen LogP) is 2.22. The van der Waals surface area contributed by atoms with Gasteiger partial charge in [0.1, 0.15) is 0 Å². The Morgan fingerprint density at radius 2 is 1.87 bits per heavy atom. The average molecular weight is 412 g/mol. The third kappa shape index (κ3) is 3.23. The van der Waals surface area contributed by atoms with Crippen molar-refractivity contribution >= 4 is 23.4 Å². The number of amides is 2. The zero-order chi connectivity index (χ0) is 20.8. The van der Waals surface area contributed by atoms with Gasteiger partial charge in [-0.2, -0.15) is 5.10 Å². The number of carbonyl (C=O) groups is 2. The maximum atomic E-state index is 12.9. The highest BCUT2D eigenvalue weighted by molar-refractivity contribution is 6.03. The molecule has 1 unspecified atom stereocenters. The normalized spacial score (nSPS) is 21.6. The molecule has 30 heavy (non-hydrogen) atoms. The Kier molecular flexibility index (Phi) is 4.71. The van der Waals surface area contributed by atoms with Gasteiger partial charge in [0.2, 0.25) is 5.91 Å². The minimum Gasteiger partial charge on any atom is -0.441 e. The maximum Gasteiger partial charge on any atom is 0.414 e. The van der Waals surface area contributed by atoms with Crippen LogP contribution in [0.5, 0.6) is 0 Å². The van der Waals surface area contributed by atoms with Crippen LogP contribution in [0.25, 0.3) is 11.1 Å². The lowest BCUT2D eigenvalue weighted by molar-refractivity contribution is -0.117. The summed E-state index contributed by atoms with van der Waals surface area (Å²) < 4.78 is 17.8. The van der Waals surface area contributed by atoms with E-state index in [1.165, 1.54) is 0 Å². The molecule has 0 aliphatic carbocycles. The van der Waals surface area contributed by atoms with Crippen LogP contribution in [0.3, 0.4) is 0 Å². The summed E-state index contributed by atoms with van der Waals surface area (Å²) in [5, 5.41) is 4.45. The fraction of sp³-hybridized carbons (Fsp3) is 0.476. The highest BCUT2D eigenvalue weighted by Gasteiger charge is 2.36. The average Bonchev–Trinajstić information content (AvgIpc) is 3.11. The van der Waals surface area contributed by atoms with Crippen molar-refractivity contribution in [3.8, 4) is 11.1 Å². The smallest absolute Gasteiger partial charge is 0.414 e. The molecule has 9 nitrogen and oxygen atoms in total. The van der Waals surface area contributed by atoms with Gasteiger partial charge in [-0.05, 0) is 24.6 Å². The molecular weight excluding hydrogens is 388 g/mol. The van der Waals surface area contributed by atoms with E-state index in [1.807, 2.05) is 42.2 Å². The van der Waals surface area contributed by atoms with Crippen LogP contribution in [-0.4, -0.2) is 66.9 Å². The Hall–Kier alpha value is -2.91. The highest BCUT2D eigenvalue weighted by Crippen LogP contribution is 2.39. The van der Waals surface area contributed by atoms with Gasteiger partial charge in [0.25, 0.3) is 0 Å². The Balaban J connectivity index is 1.50. The first kappa shape index (κ1) is 19.1. The van der Waals surface area contributed by atoms with Crippen LogP contribution >= 0.6 is 0 Å². The second kappa shape index (κ2) is 7.41. The van der Waals surface area contributed by atoms with Gasteiger partial charge in [-0.1, -0.05) is 6.07 Å². The van der Waals surface area contributed by atoms with E-state index in [1.54, 1.807) is 16.7 Å². The fourth-order valence-corrected chi connectivity index (χ4v) is 4.01. The molecule has 2 fully saturated rings. The summed E-state index contributed by atoms with van der Waals surface area (Å²) in [7, 11) is 0. The molecule has 5 rings (SSSR count). The van der Waals surface area contributed by atoms with Crippen LogP contribution in [-0.2, 0) is 19.0 Å². The zero-order valence-electron chi connectivity index (χ0n) is 17.0. The van der Waals surface area contributed by atoms with Gasteiger partial charge in [-0.25, -0.2) is 4.79 Å². The first-order valence-electron chi connectivity index (χ1n) is 10.1. The van der Waals surface area contributed by atoms with Crippen LogP contribution in [0, 0.1) is 0 Å². The fourth-order valence-electron chi connectivity index (χ4n) is 4.01. The van der Waals surface area contributed by atoms with E-state index in [0.29, 0.717) is 44.3 Å². The molecule has 1 aromatic carbocycles. The minimum atomic E-state index is -0.418. The Morgan fingerprint density at radius 3 is 2.50 bits per heavy atom. The van der Waals surface area contributed by atoms with Gasteiger partial charge < -0.3 is 19.1 Å².